The Hall–Kier alpha value is -1.73. The molecule has 72 valence electrons. The maximum absolute atomic E-state index is 10.8. The number of halogens is 1. The van der Waals surface area contributed by atoms with Crippen LogP contribution in [0.25, 0.3) is 0 Å². The summed E-state index contributed by atoms with van der Waals surface area (Å²) in [5.41, 5.74) is 0.0892. The van der Waals surface area contributed by atoms with Crippen molar-refractivity contribution < 1.29 is 9.90 Å². The highest BCUT2D eigenvalue weighted by Gasteiger charge is 1.95. The van der Waals surface area contributed by atoms with Crippen LogP contribution < -0.4 is 5.56 Å². The standard InChI is InChI=1S/C9H6ClNO3/c10-7-4-6(5-11-9(7)14)2-1-3-8(12)13/h4-5H,3H2,(H,11,14)(H,12,13). The molecular formula is C9H6ClNO3. The van der Waals surface area contributed by atoms with E-state index < -0.39 is 11.5 Å². The van der Waals surface area contributed by atoms with E-state index in [1.165, 1.54) is 12.3 Å². The molecule has 0 bridgehead atoms. The van der Waals surface area contributed by atoms with E-state index >= 15 is 0 Å². The lowest BCUT2D eigenvalue weighted by molar-refractivity contribution is -0.135. The SMILES string of the molecule is O=C(O)CC#Cc1c[nH]c(=O)c(Cl)c1. The molecule has 0 unspecified atom stereocenters. The van der Waals surface area contributed by atoms with Crippen LogP contribution in [0.5, 0.6) is 0 Å². The van der Waals surface area contributed by atoms with Gasteiger partial charge in [-0.3, -0.25) is 9.59 Å². The van der Waals surface area contributed by atoms with Crippen LogP contribution in [-0.4, -0.2) is 16.1 Å². The maximum Gasteiger partial charge on any atom is 0.315 e. The molecule has 4 nitrogen and oxygen atoms in total. The number of hydrogen-bond donors (Lipinski definition) is 2. The van der Waals surface area contributed by atoms with Crippen LogP contribution in [0, 0.1) is 11.8 Å². The fraction of sp³-hybridized carbons (Fsp3) is 0.111. The average Bonchev–Trinajstić information content (AvgIpc) is 2.10. The number of carboxylic acid groups (broad SMARTS) is 1. The number of nitrogens with one attached hydrogen (secondary N) is 1. The number of rotatable bonds is 1. The monoisotopic (exact) mass is 211 g/mol. The smallest absolute Gasteiger partial charge is 0.315 e. The van der Waals surface area contributed by atoms with Gasteiger partial charge in [0.25, 0.3) is 5.56 Å². The van der Waals surface area contributed by atoms with Crippen LogP contribution in [0.15, 0.2) is 17.1 Å². The Labute approximate surface area is 84.5 Å². The summed E-state index contributed by atoms with van der Waals surface area (Å²) in [5.74, 6) is 3.98. The zero-order valence-corrected chi connectivity index (χ0v) is 7.76. The highest BCUT2D eigenvalue weighted by Crippen LogP contribution is 2.02. The molecule has 1 heterocycles. The highest BCUT2D eigenvalue weighted by molar-refractivity contribution is 6.30. The van der Waals surface area contributed by atoms with Crippen LogP contribution in [0.1, 0.15) is 12.0 Å². The molecule has 0 saturated carbocycles. The zero-order chi connectivity index (χ0) is 10.6. The molecule has 0 aliphatic carbocycles. The molecular weight excluding hydrogens is 206 g/mol. The molecule has 0 saturated heterocycles. The third kappa shape index (κ3) is 2.96. The largest absolute Gasteiger partial charge is 0.481 e. The summed E-state index contributed by atoms with van der Waals surface area (Å²) >= 11 is 5.53. The minimum absolute atomic E-state index is 0.0344. The van der Waals surface area contributed by atoms with E-state index in [0.717, 1.165) is 0 Å². The van der Waals surface area contributed by atoms with E-state index in [4.69, 9.17) is 16.7 Å². The summed E-state index contributed by atoms with van der Waals surface area (Å²) in [6, 6.07) is 1.38. The number of carboxylic acids is 1. The topological polar surface area (TPSA) is 70.2 Å². The Balaban J connectivity index is 2.86. The minimum atomic E-state index is -0.993. The molecule has 0 aliphatic rings. The van der Waals surface area contributed by atoms with Crippen molar-refractivity contribution >= 4 is 17.6 Å². The Kier molecular flexibility index (Phi) is 3.32. The number of hydrogen-bond acceptors (Lipinski definition) is 2. The normalized spacial score (nSPS) is 8.93. The number of aromatic amines is 1. The van der Waals surface area contributed by atoms with E-state index in [1.807, 2.05) is 0 Å². The van der Waals surface area contributed by atoms with Crippen molar-refractivity contribution in [2.45, 2.75) is 6.42 Å². The molecule has 0 spiro atoms. The van der Waals surface area contributed by atoms with E-state index in [0.29, 0.717) is 5.56 Å². The van der Waals surface area contributed by atoms with Crippen molar-refractivity contribution in [3.05, 3.63) is 33.2 Å². The summed E-state index contributed by atoms with van der Waals surface area (Å²) in [5, 5.41) is 8.34. The molecule has 0 aliphatic heterocycles. The van der Waals surface area contributed by atoms with Crippen molar-refractivity contribution in [3.63, 3.8) is 0 Å². The lowest BCUT2D eigenvalue weighted by Crippen LogP contribution is -2.04. The molecule has 0 radical (unpaired) electrons. The number of H-pyrrole nitrogens is 1. The van der Waals surface area contributed by atoms with Crippen LogP contribution in [-0.2, 0) is 4.79 Å². The van der Waals surface area contributed by atoms with Crippen LogP contribution >= 0.6 is 11.6 Å². The molecule has 2 N–H and O–H groups in total. The summed E-state index contributed by atoms with van der Waals surface area (Å²) in [4.78, 5) is 23.3. The van der Waals surface area contributed by atoms with Gasteiger partial charge in [-0.05, 0) is 6.07 Å². The third-order valence-corrected chi connectivity index (χ3v) is 1.61. The van der Waals surface area contributed by atoms with Gasteiger partial charge in [-0.2, -0.15) is 0 Å². The lowest BCUT2D eigenvalue weighted by atomic mass is 10.3. The Morgan fingerprint density at radius 1 is 1.64 bits per heavy atom. The fourth-order valence-corrected chi connectivity index (χ4v) is 0.922. The van der Waals surface area contributed by atoms with Crippen molar-refractivity contribution in [3.8, 4) is 11.8 Å². The lowest BCUT2D eigenvalue weighted by Gasteiger charge is -1.90. The van der Waals surface area contributed by atoms with E-state index in [-0.39, 0.29) is 11.4 Å². The summed E-state index contributed by atoms with van der Waals surface area (Å²) in [6.07, 6.45) is 1.14. The van der Waals surface area contributed by atoms with Crippen molar-refractivity contribution in [1.82, 2.24) is 4.98 Å². The van der Waals surface area contributed by atoms with E-state index in [1.54, 1.807) is 0 Å². The highest BCUT2D eigenvalue weighted by atomic mass is 35.5. The number of aromatic nitrogens is 1. The number of carbonyl (C=O) groups is 1. The van der Waals surface area contributed by atoms with Crippen molar-refractivity contribution in [2.24, 2.45) is 0 Å². The first kappa shape index (κ1) is 10.4. The van der Waals surface area contributed by atoms with Gasteiger partial charge in [0.15, 0.2) is 0 Å². The molecule has 0 atom stereocenters. The minimum Gasteiger partial charge on any atom is -0.481 e. The van der Waals surface area contributed by atoms with Crippen molar-refractivity contribution in [2.75, 3.05) is 0 Å². The van der Waals surface area contributed by atoms with Gasteiger partial charge in [0, 0.05) is 11.8 Å². The molecule has 1 aromatic heterocycles. The Bertz CT molecular complexity index is 467. The van der Waals surface area contributed by atoms with Gasteiger partial charge in [-0.25, -0.2) is 0 Å². The predicted octanol–water partition coefficient (Wildman–Crippen LogP) is 0.855. The molecule has 14 heavy (non-hydrogen) atoms. The second-order valence-electron chi connectivity index (χ2n) is 2.44. The Morgan fingerprint density at radius 2 is 2.36 bits per heavy atom. The summed E-state index contributed by atoms with van der Waals surface area (Å²) in [7, 11) is 0. The van der Waals surface area contributed by atoms with Gasteiger partial charge in [-0.15, -0.1) is 0 Å². The summed E-state index contributed by atoms with van der Waals surface area (Å²) in [6.45, 7) is 0. The molecule has 0 aromatic carbocycles. The van der Waals surface area contributed by atoms with Gasteiger partial charge in [-0.1, -0.05) is 23.4 Å². The van der Waals surface area contributed by atoms with Gasteiger partial charge in [0.2, 0.25) is 0 Å². The van der Waals surface area contributed by atoms with Gasteiger partial charge >= 0.3 is 5.97 Å². The first-order valence-corrected chi connectivity index (χ1v) is 4.06. The van der Waals surface area contributed by atoms with Crippen molar-refractivity contribution in [1.29, 1.82) is 0 Å². The predicted molar refractivity (Wildman–Crippen MR) is 51.2 cm³/mol. The second-order valence-corrected chi connectivity index (χ2v) is 2.84. The van der Waals surface area contributed by atoms with Crippen LogP contribution in [0.3, 0.4) is 0 Å². The zero-order valence-electron chi connectivity index (χ0n) is 7.00. The molecule has 0 amide bonds. The third-order valence-electron chi connectivity index (χ3n) is 1.33. The number of aliphatic carboxylic acids is 1. The quantitative estimate of drug-likeness (QED) is 0.677. The van der Waals surface area contributed by atoms with Gasteiger partial charge in [0.05, 0.1) is 0 Å². The first-order chi connectivity index (χ1) is 6.59. The molecule has 1 rings (SSSR count). The Morgan fingerprint density at radius 3 is 2.93 bits per heavy atom. The van der Waals surface area contributed by atoms with E-state index in [2.05, 4.69) is 16.8 Å². The van der Waals surface area contributed by atoms with Crippen LogP contribution in [0.2, 0.25) is 5.02 Å². The first-order valence-electron chi connectivity index (χ1n) is 3.68. The fourth-order valence-electron chi connectivity index (χ4n) is 0.750. The number of pyridine rings is 1. The molecule has 1 aromatic rings. The molecule has 0 fully saturated rings. The second kappa shape index (κ2) is 4.49. The van der Waals surface area contributed by atoms with Crippen LogP contribution in [0.4, 0.5) is 0 Å². The molecule has 5 heteroatoms. The van der Waals surface area contributed by atoms with E-state index in [9.17, 15) is 9.59 Å². The maximum atomic E-state index is 10.8. The summed E-state index contributed by atoms with van der Waals surface area (Å²) < 4.78 is 0. The van der Waals surface area contributed by atoms with Gasteiger partial charge in [0.1, 0.15) is 11.4 Å². The van der Waals surface area contributed by atoms with Gasteiger partial charge < -0.3 is 10.1 Å². The average molecular weight is 212 g/mol.